The molecule has 0 fully saturated rings. The first-order chi connectivity index (χ1) is 4.77. The molecule has 0 aliphatic carbocycles. The smallest absolute Gasteiger partial charge is 0.0101 e. The summed E-state index contributed by atoms with van der Waals surface area (Å²) in [7, 11) is 0. The Labute approximate surface area is 68.1 Å². The fourth-order valence-corrected chi connectivity index (χ4v) is 1.51. The first-order valence-corrected chi connectivity index (χ1v) is 4.87. The van der Waals surface area contributed by atoms with Crippen LogP contribution in [0, 0.1) is 0 Å². The summed E-state index contributed by atoms with van der Waals surface area (Å²) < 4.78 is 0. The number of thioether (sulfide) groups is 1. The van der Waals surface area contributed by atoms with Crippen LogP contribution >= 0.6 is 11.8 Å². The zero-order valence-electron chi connectivity index (χ0n) is 6.68. The van der Waals surface area contributed by atoms with Crippen molar-refractivity contribution in [1.29, 1.82) is 0 Å². The van der Waals surface area contributed by atoms with E-state index < -0.39 is 0 Å². The van der Waals surface area contributed by atoms with Gasteiger partial charge in [0.25, 0.3) is 0 Å². The van der Waals surface area contributed by atoms with E-state index in [1.807, 2.05) is 24.8 Å². The molecule has 0 amide bonds. The van der Waals surface area contributed by atoms with Crippen molar-refractivity contribution in [3.63, 3.8) is 0 Å². The maximum Gasteiger partial charge on any atom is 0.0101 e. The van der Waals surface area contributed by atoms with Crippen molar-refractivity contribution in [3.8, 4) is 0 Å². The molecule has 0 saturated carbocycles. The van der Waals surface area contributed by atoms with E-state index in [0.29, 0.717) is 6.04 Å². The molecule has 2 heteroatoms. The lowest BCUT2D eigenvalue weighted by Gasteiger charge is -2.02. The van der Waals surface area contributed by atoms with Gasteiger partial charge in [-0.3, -0.25) is 0 Å². The van der Waals surface area contributed by atoms with Crippen molar-refractivity contribution in [2.75, 3.05) is 11.5 Å². The van der Waals surface area contributed by atoms with E-state index >= 15 is 0 Å². The highest BCUT2D eigenvalue weighted by Gasteiger charge is 1.92. The van der Waals surface area contributed by atoms with E-state index in [2.05, 4.69) is 6.58 Å². The van der Waals surface area contributed by atoms with Crippen molar-refractivity contribution < 1.29 is 0 Å². The molecule has 0 aromatic carbocycles. The normalized spacial score (nSPS) is 13.0. The zero-order valence-corrected chi connectivity index (χ0v) is 7.49. The average Bonchev–Trinajstić information content (AvgIpc) is 1.87. The Morgan fingerprint density at radius 3 is 2.90 bits per heavy atom. The molecule has 60 valence electrons. The summed E-state index contributed by atoms with van der Waals surface area (Å²) in [5.74, 6) is 2.30. The van der Waals surface area contributed by atoms with Gasteiger partial charge in [-0.05, 0) is 25.5 Å². The summed E-state index contributed by atoms with van der Waals surface area (Å²) in [6.45, 7) is 5.70. The third-order valence-corrected chi connectivity index (χ3v) is 2.42. The molecular weight excluding hydrogens is 142 g/mol. The Morgan fingerprint density at radius 2 is 2.40 bits per heavy atom. The van der Waals surface area contributed by atoms with Gasteiger partial charge in [-0.1, -0.05) is 6.08 Å². The maximum absolute atomic E-state index is 5.57. The number of unbranched alkanes of at least 4 members (excludes halogenated alkanes) is 1. The number of rotatable bonds is 6. The standard InChI is InChI=1S/C8H17NS/c1-3-4-5-6-10-7-8(2)9/h3,8H,1,4-7,9H2,2H3. The van der Waals surface area contributed by atoms with Gasteiger partial charge in [-0.2, -0.15) is 11.8 Å². The highest BCUT2D eigenvalue weighted by atomic mass is 32.2. The summed E-state index contributed by atoms with van der Waals surface area (Å²) in [6.07, 6.45) is 4.33. The molecule has 0 radical (unpaired) electrons. The molecule has 0 aromatic rings. The SMILES string of the molecule is C=CCCCSCC(C)N. The van der Waals surface area contributed by atoms with Crippen molar-refractivity contribution in [2.24, 2.45) is 5.73 Å². The fourth-order valence-electron chi connectivity index (χ4n) is 0.599. The van der Waals surface area contributed by atoms with Crippen LogP contribution in [0.1, 0.15) is 19.8 Å². The highest BCUT2D eigenvalue weighted by molar-refractivity contribution is 7.99. The molecule has 0 heterocycles. The van der Waals surface area contributed by atoms with Gasteiger partial charge in [0.15, 0.2) is 0 Å². The van der Waals surface area contributed by atoms with E-state index in [1.54, 1.807) is 0 Å². The van der Waals surface area contributed by atoms with Crippen LogP contribution in [0.25, 0.3) is 0 Å². The van der Waals surface area contributed by atoms with Gasteiger partial charge < -0.3 is 5.73 Å². The Balaban J connectivity index is 2.83. The van der Waals surface area contributed by atoms with Crippen LogP contribution in [0.2, 0.25) is 0 Å². The predicted octanol–water partition coefficient (Wildman–Crippen LogP) is 2.03. The Bertz CT molecular complexity index is 81.3. The van der Waals surface area contributed by atoms with Crippen molar-refractivity contribution in [3.05, 3.63) is 12.7 Å². The molecule has 2 N–H and O–H groups in total. The molecule has 0 spiro atoms. The maximum atomic E-state index is 5.57. The average molecular weight is 159 g/mol. The lowest BCUT2D eigenvalue weighted by atomic mass is 10.3. The van der Waals surface area contributed by atoms with E-state index in [0.717, 1.165) is 12.2 Å². The molecule has 0 aliphatic heterocycles. The predicted molar refractivity (Wildman–Crippen MR) is 50.4 cm³/mol. The highest BCUT2D eigenvalue weighted by Crippen LogP contribution is 2.05. The molecule has 0 saturated heterocycles. The minimum atomic E-state index is 0.341. The second-order valence-electron chi connectivity index (χ2n) is 2.48. The summed E-state index contributed by atoms with van der Waals surface area (Å²) in [5.41, 5.74) is 5.57. The van der Waals surface area contributed by atoms with Gasteiger partial charge in [0.05, 0.1) is 0 Å². The molecule has 10 heavy (non-hydrogen) atoms. The third-order valence-electron chi connectivity index (χ3n) is 1.08. The lowest BCUT2D eigenvalue weighted by Crippen LogP contribution is -2.17. The lowest BCUT2D eigenvalue weighted by molar-refractivity contribution is 0.845. The molecule has 0 bridgehead atoms. The first kappa shape index (κ1) is 10.0. The van der Waals surface area contributed by atoms with Crippen molar-refractivity contribution in [2.45, 2.75) is 25.8 Å². The Morgan fingerprint density at radius 1 is 1.70 bits per heavy atom. The summed E-state index contributed by atoms with van der Waals surface area (Å²) in [4.78, 5) is 0. The Hall–Kier alpha value is 0.0500. The number of hydrogen-bond donors (Lipinski definition) is 1. The van der Waals surface area contributed by atoms with Gasteiger partial charge in [0, 0.05) is 11.8 Å². The number of nitrogens with two attached hydrogens (primary N) is 1. The van der Waals surface area contributed by atoms with Crippen LogP contribution in [0.5, 0.6) is 0 Å². The molecule has 1 unspecified atom stereocenters. The molecule has 0 rings (SSSR count). The van der Waals surface area contributed by atoms with Crippen LogP contribution in [-0.2, 0) is 0 Å². The number of allylic oxidation sites excluding steroid dienone is 1. The fraction of sp³-hybridized carbons (Fsp3) is 0.750. The van der Waals surface area contributed by atoms with Gasteiger partial charge in [0.1, 0.15) is 0 Å². The largest absolute Gasteiger partial charge is 0.327 e. The van der Waals surface area contributed by atoms with Gasteiger partial charge in [-0.15, -0.1) is 6.58 Å². The van der Waals surface area contributed by atoms with Gasteiger partial charge >= 0.3 is 0 Å². The van der Waals surface area contributed by atoms with E-state index in [-0.39, 0.29) is 0 Å². The summed E-state index contributed by atoms with van der Waals surface area (Å²) >= 11 is 1.93. The monoisotopic (exact) mass is 159 g/mol. The van der Waals surface area contributed by atoms with E-state index in [4.69, 9.17) is 5.73 Å². The van der Waals surface area contributed by atoms with Gasteiger partial charge in [-0.25, -0.2) is 0 Å². The third kappa shape index (κ3) is 8.05. The van der Waals surface area contributed by atoms with Crippen molar-refractivity contribution >= 4 is 11.8 Å². The van der Waals surface area contributed by atoms with E-state index in [9.17, 15) is 0 Å². The second kappa shape index (κ2) is 7.16. The summed E-state index contributed by atoms with van der Waals surface area (Å²) in [6, 6.07) is 0.341. The first-order valence-electron chi connectivity index (χ1n) is 3.71. The molecule has 0 aromatic heterocycles. The zero-order chi connectivity index (χ0) is 7.82. The Kier molecular flexibility index (Phi) is 7.20. The minimum absolute atomic E-state index is 0.341. The topological polar surface area (TPSA) is 26.0 Å². The van der Waals surface area contributed by atoms with Crippen LogP contribution in [0.4, 0.5) is 0 Å². The van der Waals surface area contributed by atoms with Crippen LogP contribution < -0.4 is 5.73 Å². The number of hydrogen-bond acceptors (Lipinski definition) is 2. The summed E-state index contributed by atoms with van der Waals surface area (Å²) in [5, 5.41) is 0. The van der Waals surface area contributed by atoms with Crippen LogP contribution in [-0.4, -0.2) is 17.5 Å². The van der Waals surface area contributed by atoms with E-state index in [1.165, 1.54) is 12.2 Å². The second-order valence-corrected chi connectivity index (χ2v) is 3.63. The molecule has 0 aliphatic rings. The van der Waals surface area contributed by atoms with Crippen LogP contribution in [0.3, 0.4) is 0 Å². The molecule has 1 nitrogen and oxygen atoms in total. The molecule has 1 atom stereocenters. The van der Waals surface area contributed by atoms with Crippen molar-refractivity contribution in [1.82, 2.24) is 0 Å². The van der Waals surface area contributed by atoms with Crippen LogP contribution in [0.15, 0.2) is 12.7 Å². The quantitative estimate of drug-likeness (QED) is 0.474. The minimum Gasteiger partial charge on any atom is -0.327 e. The van der Waals surface area contributed by atoms with Gasteiger partial charge in [0.2, 0.25) is 0 Å². The molecular formula is C8H17NS.